The summed E-state index contributed by atoms with van der Waals surface area (Å²) in [5, 5.41) is 0. The van der Waals surface area contributed by atoms with Gasteiger partial charge in [-0.2, -0.15) is 0 Å². The van der Waals surface area contributed by atoms with Crippen LogP contribution < -0.4 is 0 Å². The molecule has 2 aromatic rings. The Balaban J connectivity index is 1.78. The molecule has 0 aromatic carbocycles. The van der Waals surface area contributed by atoms with Crippen molar-refractivity contribution < 1.29 is 13.6 Å². The zero-order valence-corrected chi connectivity index (χ0v) is 12.7. The number of aryl methyl sites for hydroxylation is 6. The molecule has 3 heteroatoms. The Kier molecular flexibility index (Phi) is 4.48. The third kappa shape index (κ3) is 3.62. The number of carbonyl (C=O) groups is 1. The fraction of sp³-hybridized carbons (Fsp3) is 0.471. The summed E-state index contributed by atoms with van der Waals surface area (Å²) in [5.74, 6) is 3.93. The van der Waals surface area contributed by atoms with Gasteiger partial charge in [-0.25, -0.2) is 0 Å². The van der Waals surface area contributed by atoms with Crippen molar-refractivity contribution in [2.75, 3.05) is 0 Å². The van der Waals surface area contributed by atoms with Crippen molar-refractivity contribution >= 4 is 5.78 Å². The number of Topliss-reactive ketones (excluding diaryl/α,β-unsaturated/α-hetero) is 1. The molecule has 2 heterocycles. The van der Waals surface area contributed by atoms with Gasteiger partial charge < -0.3 is 8.83 Å². The molecule has 0 unspecified atom stereocenters. The van der Waals surface area contributed by atoms with E-state index >= 15 is 0 Å². The van der Waals surface area contributed by atoms with Crippen molar-refractivity contribution in [1.82, 2.24) is 0 Å². The second-order valence-corrected chi connectivity index (χ2v) is 5.44. The first-order valence-electron chi connectivity index (χ1n) is 7.09. The van der Waals surface area contributed by atoms with Gasteiger partial charge in [0.2, 0.25) is 0 Å². The quantitative estimate of drug-likeness (QED) is 0.791. The Labute approximate surface area is 120 Å². The van der Waals surface area contributed by atoms with Crippen LogP contribution in [0.1, 0.15) is 47.0 Å². The summed E-state index contributed by atoms with van der Waals surface area (Å²) in [4.78, 5) is 11.9. The Hall–Kier alpha value is -1.77. The van der Waals surface area contributed by atoms with Crippen LogP contribution in [0.5, 0.6) is 0 Å². The third-order valence-corrected chi connectivity index (χ3v) is 3.73. The molecule has 3 nitrogen and oxygen atoms in total. The lowest BCUT2D eigenvalue weighted by Crippen LogP contribution is -2.01. The van der Waals surface area contributed by atoms with E-state index in [4.69, 9.17) is 8.83 Å². The largest absolute Gasteiger partial charge is 0.466 e. The average molecular weight is 274 g/mol. The van der Waals surface area contributed by atoms with E-state index in [2.05, 4.69) is 0 Å². The molecule has 0 saturated heterocycles. The van der Waals surface area contributed by atoms with E-state index in [9.17, 15) is 4.79 Å². The number of hydrogen-bond acceptors (Lipinski definition) is 3. The second kappa shape index (κ2) is 6.12. The molecule has 2 rings (SSSR count). The summed E-state index contributed by atoms with van der Waals surface area (Å²) in [6, 6.07) is 4.03. The molecule has 0 spiro atoms. The Morgan fingerprint density at radius 1 is 0.850 bits per heavy atom. The molecule has 0 fully saturated rings. The highest BCUT2D eigenvalue weighted by molar-refractivity contribution is 5.78. The molecule has 0 aliphatic heterocycles. The van der Waals surface area contributed by atoms with Crippen LogP contribution in [-0.4, -0.2) is 5.78 Å². The molecule has 20 heavy (non-hydrogen) atoms. The zero-order valence-electron chi connectivity index (χ0n) is 12.7. The standard InChI is InChI=1S/C17H22O3/c1-11-9-16(19-13(11)3)7-5-15(18)6-8-17-10-12(2)14(4)20-17/h9-10H,5-8H2,1-4H3. The number of ketones is 1. The van der Waals surface area contributed by atoms with Gasteiger partial charge in [0.25, 0.3) is 0 Å². The summed E-state index contributed by atoms with van der Waals surface area (Å²) in [6.07, 6.45) is 2.43. The van der Waals surface area contributed by atoms with Crippen LogP contribution in [-0.2, 0) is 17.6 Å². The maximum absolute atomic E-state index is 11.9. The summed E-state index contributed by atoms with van der Waals surface area (Å²) in [5.41, 5.74) is 2.29. The van der Waals surface area contributed by atoms with Crippen molar-refractivity contribution in [2.45, 2.75) is 53.4 Å². The maximum Gasteiger partial charge on any atom is 0.133 e. The highest BCUT2D eigenvalue weighted by atomic mass is 16.3. The fourth-order valence-corrected chi connectivity index (χ4v) is 2.20. The lowest BCUT2D eigenvalue weighted by atomic mass is 10.1. The van der Waals surface area contributed by atoms with E-state index in [1.165, 1.54) is 0 Å². The first-order valence-corrected chi connectivity index (χ1v) is 7.09. The van der Waals surface area contributed by atoms with Gasteiger partial charge in [0.15, 0.2) is 0 Å². The van der Waals surface area contributed by atoms with Crippen LogP contribution in [0, 0.1) is 27.7 Å². The molecule has 2 aromatic heterocycles. The molecule has 0 aliphatic rings. The topological polar surface area (TPSA) is 43.4 Å². The monoisotopic (exact) mass is 274 g/mol. The summed E-state index contributed by atoms with van der Waals surface area (Å²) >= 11 is 0. The highest BCUT2D eigenvalue weighted by Gasteiger charge is 2.09. The van der Waals surface area contributed by atoms with Gasteiger partial charge in [0.05, 0.1) is 0 Å². The first kappa shape index (κ1) is 14.6. The third-order valence-electron chi connectivity index (χ3n) is 3.73. The SMILES string of the molecule is Cc1cc(CCC(=O)CCc2cc(C)c(C)o2)oc1C. The molecule has 0 aliphatic carbocycles. The smallest absolute Gasteiger partial charge is 0.133 e. The summed E-state index contributed by atoms with van der Waals surface area (Å²) < 4.78 is 11.2. The van der Waals surface area contributed by atoms with E-state index in [-0.39, 0.29) is 5.78 Å². The summed E-state index contributed by atoms with van der Waals surface area (Å²) in [6.45, 7) is 7.93. The average Bonchev–Trinajstić information content (AvgIpc) is 2.88. The number of carbonyl (C=O) groups excluding carboxylic acids is 1. The van der Waals surface area contributed by atoms with Gasteiger partial charge in [-0.15, -0.1) is 0 Å². The first-order chi connectivity index (χ1) is 9.45. The van der Waals surface area contributed by atoms with Crippen LogP contribution in [0.15, 0.2) is 21.0 Å². The normalized spacial score (nSPS) is 11.0. The van der Waals surface area contributed by atoms with Crippen LogP contribution >= 0.6 is 0 Å². The van der Waals surface area contributed by atoms with Crippen molar-refractivity contribution in [1.29, 1.82) is 0 Å². The molecule has 0 amide bonds. The fourth-order valence-electron chi connectivity index (χ4n) is 2.20. The molecule has 0 radical (unpaired) electrons. The van der Waals surface area contributed by atoms with Gasteiger partial charge in [0, 0.05) is 25.7 Å². The van der Waals surface area contributed by atoms with Crippen LogP contribution in [0.4, 0.5) is 0 Å². The minimum atomic E-state index is 0.253. The van der Waals surface area contributed by atoms with Crippen molar-refractivity contribution in [2.24, 2.45) is 0 Å². The van der Waals surface area contributed by atoms with E-state index in [0.29, 0.717) is 25.7 Å². The zero-order chi connectivity index (χ0) is 14.7. The Bertz CT molecular complexity index is 511. The molecule has 108 valence electrons. The van der Waals surface area contributed by atoms with Gasteiger partial charge in [-0.3, -0.25) is 4.79 Å². The lowest BCUT2D eigenvalue weighted by Gasteiger charge is -1.98. The van der Waals surface area contributed by atoms with Crippen molar-refractivity contribution in [3.8, 4) is 0 Å². The Morgan fingerprint density at radius 2 is 1.25 bits per heavy atom. The van der Waals surface area contributed by atoms with Gasteiger partial charge in [-0.05, 0) is 51.0 Å². The van der Waals surface area contributed by atoms with E-state index in [1.54, 1.807) is 0 Å². The van der Waals surface area contributed by atoms with E-state index in [1.807, 2.05) is 39.8 Å². The Morgan fingerprint density at radius 3 is 1.55 bits per heavy atom. The minimum absolute atomic E-state index is 0.253. The molecular formula is C17H22O3. The number of rotatable bonds is 6. The lowest BCUT2D eigenvalue weighted by molar-refractivity contribution is -0.119. The van der Waals surface area contributed by atoms with Gasteiger partial charge in [-0.1, -0.05) is 0 Å². The molecular weight excluding hydrogens is 252 g/mol. The number of hydrogen-bond donors (Lipinski definition) is 0. The molecule has 0 saturated carbocycles. The highest BCUT2D eigenvalue weighted by Crippen LogP contribution is 2.17. The van der Waals surface area contributed by atoms with Gasteiger partial charge in [0.1, 0.15) is 28.8 Å². The van der Waals surface area contributed by atoms with E-state index < -0.39 is 0 Å². The molecule has 0 N–H and O–H groups in total. The predicted octanol–water partition coefficient (Wildman–Crippen LogP) is 4.24. The van der Waals surface area contributed by atoms with Crippen molar-refractivity contribution in [3.63, 3.8) is 0 Å². The number of furan rings is 2. The minimum Gasteiger partial charge on any atom is -0.466 e. The molecule has 0 atom stereocenters. The predicted molar refractivity (Wildman–Crippen MR) is 78.0 cm³/mol. The maximum atomic E-state index is 11.9. The van der Waals surface area contributed by atoms with Crippen LogP contribution in [0.2, 0.25) is 0 Å². The van der Waals surface area contributed by atoms with E-state index in [0.717, 1.165) is 34.2 Å². The van der Waals surface area contributed by atoms with Crippen LogP contribution in [0.3, 0.4) is 0 Å². The second-order valence-electron chi connectivity index (χ2n) is 5.44. The summed E-state index contributed by atoms with van der Waals surface area (Å²) in [7, 11) is 0. The van der Waals surface area contributed by atoms with Crippen molar-refractivity contribution in [3.05, 3.63) is 46.3 Å². The molecule has 0 bridgehead atoms. The van der Waals surface area contributed by atoms with Gasteiger partial charge >= 0.3 is 0 Å². The van der Waals surface area contributed by atoms with Crippen LogP contribution in [0.25, 0.3) is 0 Å².